The summed E-state index contributed by atoms with van der Waals surface area (Å²) in [7, 11) is 0. The van der Waals surface area contributed by atoms with Crippen LogP contribution in [0.25, 0.3) is 0 Å². The fourth-order valence-corrected chi connectivity index (χ4v) is 3.74. The first kappa shape index (κ1) is 24.3. The van der Waals surface area contributed by atoms with Crippen LogP contribution in [0.3, 0.4) is 0 Å². The van der Waals surface area contributed by atoms with Crippen LogP contribution in [-0.2, 0) is 13.2 Å². The number of nitrogens with one attached hydrogen (secondary N) is 1. The van der Waals surface area contributed by atoms with E-state index in [9.17, 15) is 13.2 Å². The average molecular weight is 485 g/mol. The summed E-state index contributed by atoms with van der Waals surface area (Å²) < 4.78 is 44.2. The maximum Gasteiger partial charge on any atom is 0.283 e. The molecular formula is C25H27F3N6O. The molecule has 1 aromatic carbocycles. The highest BCUT2D eigenvalue weighted by molar-refractivity contribution is 5.48. The second-order valence-corrected chi connectivity index (χ2v) is 8.29. The van der Waals surface area contributed by atoms with Crippen molar-refractivity contribution in [2.24, 2.45) is 0 Å². The minimum Gasteiger partial charge on any atom is -0.472 e. The molecule has 0 aliphatic carbocycles. The number of anilines is 2. The summed E-state index contributed by atoms with van der Waals surface area (Å²) in [5, 5.41) is 11.3. The molecule has 0 atom stereocenters. The highest BCUT2D eigenvalue weighted by Crippen LogP contribution is 2.21. The minimum atomic E-state index is -2.96. The van der Waals surface area contributed by atoms with E-state index in [0.717, 1.165) is 49.7 Å². The van der Waals surface area contributed by atoms with Crippen LogP contribution in [-0.4, -0.2) is 46.3 Å². The molecule has 0 amide bonds. The lowest BCUT2D eigenvalue weighted by Gasteiger charge is -2.37. The zero-order valence-corrected chi connectivity index (χ0v) is 19.4. The van der Waals surface area contributed by atoms with Gasteiger partial charge < -0.3 is 19.9 Å². The summed E-state index contributed by atoms with van der Waals surface area (Å²) in [4.78, 5) is 8.11. The number of rotatable bonds is 9. The number of ether oxygens (including phenoxy) is 1. The molecule has 1 aliphatic rings. The second-order valence-electron chi connectivity index (χ2n) is 8.29. The standard InChI is InChI=1S/C25H27F3N6O/c1-17(2)33-9-11-34(12-10-33)20-5-3-18(4-6-20)14-29-22-7-8-23(32-31-22)35-16-19-13-21(26)24(25(27)28)30-15-19/h3-8,13,15,25H,1,9-12,14,16H2,2H3,(H,29,31). The molecular weight excluding hydrogens is 457 g/mol. The highest BCUT2D eigenvalue weighted by Gasteiger charge is 2.17. The summed E-state index contributed by atoms with van der Waals surface area (Å²) in [6, 6.07) is 12.8. The first-order valence-electron chi connectivity index (χ1n) is 11.3. The summed E-state index contributed by atoms with van der Waals surface area (Å²) in [5.41, 5.74) is 2.87. The van der Waals surface area contributed by atoms with E-state index >= 15 is 0 Å². The fourth-order valence-electron chi connectivity index (χ4n) is 3.74. The number of alkyl halides is 2. The zero-order chi connectivity index (χ0) is 24.8. The van der Waals surface area contributed by atoms with Crippen LogP contribution in [0.4, 0.5) is 24.7 Å². The SMILES string of the molecule is C=C(C)N1CCN(c2ccc(CNc3ccc(OCc4cnc(C(F)F)c(F)c4)nn3)cc2)CC1. The quantitative estimate of drug-likeness (QED) is 0.468. The Morgan fingerprint density at radius 3 is 2.40 bits per heavy atom. The van der Waals surface area contributed by atoms with Gasteiger partial charge in [-0.2, -0.15) is 0 Å². The Labute approximate surface area is 202 Å². The van der Waals surface area contributed by atoms with Gasteiger partial charge in [-0.05, 0) is 36.8 Å². The normalized spacial score (nSPS) is 13.7. The molecule has 0 spiro atoms. The number of hydrogen-bond acceptors (Lipinski definition) is 7. The zero-order valence-electron chi connectivity index (χ0n) is 19.4. The number of pyridine rings is 1. The van der Waals surface area contributed by atoms with Crippen molar-refractivity contribution in [2.75, 3.05) is 36.4 Å². The van der Waals surface area contributed by atoms with Gasteiger partial charge >= 0.3 is 0 Å². The van der Waals surface area contributed by atoms with Gasteiger partial charge in [-0.15, -0.1) is 10.2 Å². The van der Waals surface area contributed by atoms with Crippen molar-refractivity contribution in [3.63, 3.8) is 0 Å². The predicted molar refractivity (Wildman–Crippen MR) is 128 cm³/mol. The lowest BCUT2D eigenvalue weighted by atomic mass is 10.1. The number of aromatic nitrogens is 3. The molecule has 1 aliphatic heterocycles. The number of benzene rings is 1. The molecule has 0 unspecified atom stereocenters. The van der Waals surface area contributed by atoms with E-state index in [4.69, 9.17) is 4.74 Å². The Morgan fingerprint density at radius 2 is 1.80 bits per heavy atom. The Morgan fingerprint density at radius 1 is 1.06 bits per heavy atom. The number of nitrogens with zero attached hydrogens (tertiary/aromatic N) is 5. The van der Waals surface area contributed by atoms with Crippen LogP contribution >= 0.6 is 0 Å². The molecule has 184 valence electrons. The van der Waals surface area contributed by atoms with Gasteiger partial charge in [0.1, 0.15) is 18.1 Å². The van der Waals surface area contributed by atoms with Crippen molar-refractivity contribution in [1.82, 2.24) is 20.1 Å². The molecule has 10 heteroatoms. The van der Waals surface area contributed by atoms with Gasteiger partial charge in [0.15, 0.2) is 5.82 Å². The molecule has 3 heterocycles. The third-order valence-electron chi connectivity index (χ3n) is 5.75. The van der Waals surface area contributed by atoms with Crippen molar-refractivity contribution in [2.45, 2.75) is 26.5 Å². The molecule has 35 heavy (non-hydrogen) atoms. The van der Waals surface area contributed by atoms with Gasteiger partial charge in [0.05, 0.1) is 0 Å². The molecule has 4 rings (SSSR count). The third-order valence-corrected chi connectivity index (χ3v) is 5.75. The van der Waals surface area contributed by atoms with Gasteiger partial charge in [0.25, 0.3) is 6.43 Å². The molecule has 0 radical (unpaired) electrons. The highest BCUT2D eigenvalue weighted by atomic mass is 19.3. The molecule has 0 bridgehead atoms. The molecule has 1 fully saturated rings. The number of halogens is 3. The third kappa shape index (κ3) is 6.40. The van der Waals surface area contributed by atoms with Crippen molar-refractivity contribution in [3.05, 3.63) is 83.6 Å². The number of piperazine rings is 1. The van der Waals surface area contributed by atoms with Crippen LogP contribution in [0.2, 0.25) is 0 Å². The van der Waals surface area contributed by atoms with Gasteiger partial charge in [-0.1, -0.05) is 18.7 Å². The van der Waals surface area contributed by atoms with E-state index in [1.165, 1.54) is 5.69 Å². The predicted octanol–water partition coefficient (Wildman–Crippen LogP) is 4.80. The first-order chi connectivity index (χ1) is 16.9. The van der Waals surface area contributed by atoms with Gasteiger partial charge in [-0.25, -0.2) is 13.2 Å². The Balaban J connectivity index is 1.24. The summed E-state index contributed by atoms with van der Waals surface area (Å²) in [5.74, 6) is -0.263. The van der Waals surface area contributed by atoms with Gasteiger partial charge in [0, 0.05) is 61.9 Å². The molecule has 1 N–H and O–H groups in total. The summed E-state index contributed by atoms with van der Waals surface area (Å²) in [6.45, 7) is 10.5. The van der Waals surface area contributed by atoms with Crippen LogP contribution < -0.4 is 15.0 Å². The van der Waals surface area contributed by atoms with E-state index in [-0.39, 0.29) is 12.5 Å². The van der Waals surface area contributed by atoms with Crippen molar-refractivity contribution >= 4 is 11.5 Å². The maximum absolute atomic E-state index is 13.6. The van der Waals surface area contributed by atoms with Gasteiger partial charge in [-0.3, -0.25) is 4.98 Å². The molecule has 3 aromatic rings. The van der Waals surface area contributed by atoms with E-state index in [0.29, 0.717) is 17.9 Å². The van der Waals surface area contributed by atoms with E-state index in [1.807, 2.05) is 6.92 Å². The fraction of sp³-hybridized carbons (Fsp3) is 0.320. The van der Waals surface area contributed by atoms with Gasteiger partial charge in [0.2, 0.25) is 5.88 Å². The van der Waals surface area contributed by atoms with E-state index in [1.54, 1.807) is 12.1 Å². The molecule has 7 nitrogen and oxygen atoms in total. The number of allylic oxidation sites excluding steroid dienone is 1. The first-order valence-corrected chi connectivity index (χ1v) is 11.3. The maximum atomic E-state index is 13.6. The van der Waals surface area contributed by atoms with Crippen LogP contribution in [0, 0.1) is 5.82 Å². The Bertz CT molecular complexity index is 1130. The van der Waals surface area contributed by atoms with E-state index < -0.39 is 17.9 Å². The van der Waals surface area contributed by atoms with E-state index in [2.05, 4.69) is 61.1 Å². The Kier molecular flexibility index (Phi) is 7.69. The summed E-state index contributed by atoms with van der Waals surface area (Å²) >= 11 is 0. The average Bonchev–Trinajstić information content (AvgIpc) is 2.87. The lowest BCUT2D eigenvalue weighted by Crippen LogP contribution is -2.45. The van der Waals surface area contributed by atoms with Crippen LogP contribution in [0.15, 0.2) is 60.9 Å². The summed E-state index contributed by atoms with van der Waals surface area (Å²) in [6.07, 6.45) is -1.81. The smallest absolute Gasteiger partial charge is 0.283 e. The minimum absolute atomic E-state index is 0.0660. The van der Waals surface area contributed by atoms with Crippen molar-refractivity contribution in [3.8, 4) is 5.88 Å². The van der Waals surface area contributed by atoms with Crippen LogP contribution in [0.5, 0.6) is 5.88 Å². The Hall–Kier alpha value is -3.82. The molecule has 0 saturated carbocycles. The molecule has 2 aromatic heterocycles. The monoisotopic (exact) mass is 484 g/mol. The van der Waals surface area contributed by atoms with Crippen molar-refractivity contribution < 1.29 is 17.9 Å². The second kappa shape index (κ2) is 11.1. The largest absolute Gasteiger partial charge is 0.472 e. The number of hydrogen-bond donors (Lipinski definition) is 1. The molecule has 1 saturated heterocycles. The van der Waals surface area contributed by atoms with Crippen molar-refractivity contribution in [1.29, 1.82) is 0 Å². The topological polar surface area (TPSA) is 66.4 Å². The lowest BCUT2D eigenvalue weighted by molar-refractivity contribution is 0.140. The van der Waals surface area contributed by atoms with Crippen LogP contribution in [0.1, 0.15) is 30.2 Å².